The highest BCUT2D eigenvalue weighted by Gasteiger charge is 2.13. The Morgan fingerprint density at radius 2 is 1.87 bits per heavy atom. The maximum absolute atomic E-state index is 12.3. The third-order valence-electron chi connectivity index (χ3n) is 4.23. The lowest BCUT2D eigenvalue weighted by atomic mass is 10.1. The van der Waals surface area contributed by atoms with Gasteiger partial charge in [-0.05, 0) is 49.6 Å². The van der Waals surface area contributed by atoms with Gasteiger partial charge < -0.3 is 15.4 Å². The predicted octanol–water partition coefficient (Wildman–Crippen LogP) is 3.93. The second-order valence-electron chi connectivity index (χ2n) is 6.38. The van der Waals surface area contributed by atoms with Crippen molar-refractivity contribution in [1.29, 1.82) is 0 Å². The fourth-order valence-corrected chi connectivity index (χ4v) is 4.29. The van der Waals surface area contributed by atoms with E-state index in [1.807, 2.05) is 19.1 Å². The molecule has 0 amide bonds. The van der Waals surface area contributed by atoms with Crippen molar-refractivity contribution >= 4 is 51.4 Å². The van der Waals surface area contributed by atoms with Gasteiger partial charge in [-0.25, -0.2) is 8.42 Å². The number of sulfone groups is 1. The van der Waals surface area contributed by atoms with Crippen LogP contribution >= 0.6 is 35.6 Å². The maximum Gasteiger partial charge on any atom is 0.191 e. The van der Waals surface area contributed by atoms with Crippen molar-refractivity contribution in [2.24, 2.45) is 4.99 Å². The summed E-state index contributed by atoms with van der Waals surface area (Å²) in [6.45, 7) is 3.78. The lowest BCUT2D eigenvalue weighted by Gasteiger charge is -2.12. The van der Waals surface area contributed by atoms with E-state index in [2.05, 4.69) is 15.6 Å². The zero-order valence-electron chi connectivity index (χ0n) is 17.2. The maximum atomic E-state index is 12.3. The molecule has 2 N–H and O–H groups in total. The van der Waals surface area contributed by atoms with Gasteiger partial charge in [0.25, 0.3) is 0 Å². The molecule has 2 aromatic rings. The first kappa shape index (κ1) is 26.5. The molecule has 6 nitrogen and oxygen atoms in total. The molecule has 0 bridgehead atoms. The standard InChI is InChI=1S/C21H28ClN3O3S.HI/c1-3-23-21(25-14-12-17-10-11-18(28-2)16-20(17)22)24-13-7-15-29(26,27)19-8-5-4-6-9-19;/h4-6,8-11,16H,3,7,12-15H2,1-2H3,(H2,23,24,25);1H. The molecule has 0 aromatic heterocycles. The van der Waals surface area contributed by atoms with Crippen LogP contribution in [-0.2, 0) is 16.3 Å². The fraction of sp³-hybridized carbons (Fsp3) is 0.381. The zero-order valence-corrected chi connectivity index (χ0v) is 21.1. The van der Waals surface area contributed by atoms with Crippen LogP contribution in [0.4, 0.5) is 0 Å². The Labute approximate surface area is 201 Å². The summed E-state index contributed by atoms with van der Waals surface area (Å²) in [6.07, 6.45) is 1.19. The third kappa shape index (κ3) is 8.69. The molecule has 0 spiro atoms. The predicted molar refractivity (Wildman–Crippen MR) is 134 cm³/mol. The Bertz CT molecular complexity index is 909. The molecule has 9 heteroatoms. The molecular weight excluding hydrogens is 537 g/mol. The van der Waals surface area contributed by atoms with Crippen LogP contribution in [0.3, 0.4) is 0 Å². The number of nitrogens with one attached hydrogen (secondary N) is 2. The number of methoxy groups -OCH3 is 1. The minimum atomic E-state index is -3.27. The van der Waals surface area contributed by atoms with Crippen molar-refractivity contribution in [1.82, 2.24) is 10.6 Å². The highest BCUT2D eigenvalue weighted by molar-refractivity contribution is 14.0. The summed E-state index contributed by atoms with van der Waals surface area (Å²) in [5, 5.41) is 7.09. The number of hydrogen-bond donors (Lipinski definition) is 2. The molecule has 0 atom stereocenters. The van der Waals surface area contributed by atoms with Crippen molar-refractivity contribution in [3.63, 3.8) is 0 Å². The number of halogens is 2. The first-order chi connectivity index (χ1) is 14.0. The van der Waals surface area contributed by atoms with Gasteiger partial charge in [0.2, 0.25) is 0 Å². The van der Waals surface area contributed by atoms with Gasteiger partial charge in [-0.1, -0.05) is 35.9 Å². The van der Waals surface area contributed by atoms with E-state index in [0.717, 1.165) is 24.3 Å². The van der Waals surface area contributed by atoms with Gasteiger partial charge in [-0.15, -0.1) is 24.0 Å². The van der Waals surface area contributed by atoms with Crippen molar-refractivity contribution in [3.05, 3.63) is 59.1 Å². The molecule has 166 valence electrons. The smallest absolute Gasteiger partial charge is 0.191 e. The van der Waals surface area contributed by atoms with E-state index >= 15 is 0 Å². The van der Waals surface area contributed by atoms with Crippen LogP contribution in [0.2, 0.25) is 5.02 Å². The number of aliphatic imine (C=N–C) groups is 1. The summed E-state index contributed by atoms with van der Waals surface area (Å²) in [5.41, 5.74) is 1.02. The molecule has 30 heavy (non-hydrogen) atoms. The molecule has 0 unspecified atom stereocenters. The first-order valence-electron chi connectivity index (χ1n) is 9.58. The number of ether oxygens (including phenoxy) is 1. The molecule has 0 saturated heterocycles. The van der Waals surface area contributed by atoms with E-state index in [9.17, 15) is 8.42 Å². The summed E-state index contributed by atoms with van der Waals surface area (Å²) in [4.78, 5) is 4.82. The van der Waals surface area contributed by atoms with Crippen LogP contribution in [0.25, 0.3) is 0 Å². The second kappa shape index (κ2) is 13.7. The number of nitrogens with zero attached hydrogens (tertiary/aromatic N) is 1. The Kier molecular flexibility index (Phi) is 12.1. The van der Waals surface area contributed by atoms with E-state index in [1.54, 1.807) is 43.5 Å². The second-order valence-corrected chi connectivity index (χ2v) is 8.90. The average molecular weight is 566 g/mol. The SMILES string of the molecule is CCNC(=NCCCS(=O)(=O)c1ccccc1)NCCc1ccc(OC)cc1Cl.I. The molecule has 0 aliphatic rings. The molecular formula is C21H29ClIN3O3S. The summed E-state index contributed by atoms with van der Waals surface area (Å²) >= 11 is 6.27. The highest BCUT2D eigenvalue weighted by atomic mass is 127. The topological polar surface area (TPSA) is 79.8 Å². The number of rotatable bonds is 10. The normalized spacial score (nSPS) is 11.5. The van der Waals surface area contributed by atoms with Crippen molar-refractivity contribution < 1.29 is 13.2 Å². The fourth-order valence-electron chi connectivity index (χ4n) is 2.71. The highest BCUT2D eigenvalue weighted by Crippen LogP contribution is 2.22. The van der Waals surface area contributed by atoms with Gasteiger partial charge >= 0.3 is 0 Å². The molecule has 0 aliphatic heterocycles. The van der Waals surface area contributed by atoms with Gasteiger partial charge in [0.1, 0.15) is 5.75 Å². The Morgan fingerprint density at radius 3 is 2.50 bits per heavy atom. The lowest BCUT2D eigenvalue weighted by molar-refractivity contribution is 0.414. The Morgan fingerprint density at radius 1 is 1.13 bits per heavy atom. The molecule has 0 radical (unpaired) electrons. The van der Waals surface area contributed by atoms with Gasteiger partial charge in [-0.2, -0.15) is 0 Å². The molecule has 0 aliphatic carbocycles. The minimum Gasteiger partial charge on any atom is -0.497 e. The van der Waals surface area contributed by atoms with E-state index in [-0.39, 0.29) is 29.7 Å². The summed E-state index contributed by atoms with van der Waals surface area (Å²) in [5.74, 6) is 1.46. The average Bonchev–Trinajstić information content (AvgIpc) is 2.72. The molecule has 2 rings (SSSR count). The van der Waals surface area contributed by atoms with Crippen molar-refractivity contribution in [2.45, 2.75) is 24.7 Å². The summed E-state index contributed by atoms with van der Waals surface area (Å²) in [6, 6.07) is 14.1. The first-order valence-corrected chi connectivity index (χ1v) is 11.6. The summed E-state index contributed by atoms with van der Waals surface area (Å²) < 4.78 is 29.8. The van der Waals surface area contributed by atoms with Crippen molar-refractivity contribution in [3.8, 4) is 5.75 Å². The van der Waals surface area contributed by atoms with E-state index in [4.69, 9.17) is 16.3 Å². The Hall–Kier alpha value is -1.52. The number of hydrogen-bond acceptors (Lipinski definition) is 4. The van der Waals surface area contributed by atoms with Crippen LogP contribution < -0.4 is 15.4 Å². The number of guanidine groups is 1. The van der Waals surface area contributed by atoms with Gasteiger partial charge in [0.15, 0.2) is 15.8 Å². The summed E-state index contributed by atoms with van der Waals surface area (Å²) in [7, 11) is -1.66. The van der Waals surface area contributed by atoms with E-state index < -0.39 is 9.84 Å². The van der Waals surface area contributed by atoms with E-state index in [1.165, 1.54) is 0 Å². The van der Waals surface area contributed by atoms with Gasteiger partial charge in [-0.3, -0.25) is 4.99 Å². The van der Waals surface area contributed by atoms with E-state index in [0.29, 0.717) is 35.4 Å². The molecule has 0 fully saturated rings. The Balaban J connectivity index is 0.00000450. The largest absolute Gasteiger partial charge is 0.497 e. The molecule has 2 aromatic carbocycles. The van der Waals surface area contributed by atoms with Crippen molar-refractivity contribution in [2.75, 3.05) is 32.5 Å². The molecule has 0 heterocycles. The van der Waals surface area contributed by atoms with Crippen LogP contribution in [0.1, 0.15) is 18.9 Å². The van der Waals surface area contributed by atoms with Crippen LogP contribution in [0.5, 0.6) is 5.75 Å². The van der Waals surface area contributed by atoms with Crippen LogP contribution in [0.15, 0.2) is 58.4 Å². The number of benzene rings is 2. The minimum absolute atomic E-state index is 0. The van der Waals surface area contributed by atoms with Crippen LogP contribution in [0, 0.1) is 0 Å². The van der Waals surface area contributed by atoms with Gasteiger partial charge in [0.05, 0.1) is 17.8 Å². The monoisotopic (exact) mass is 565 g/mol. The zero-order chi connectivity index (χ0) is 21.1. The third-order valence-corrected chi connectivity index (χ3v) is 6.40. The quantitative estimate of drug-likeness (QED) is 0.198. The van der Waals surface area contributed by atoms with Crippen LogP contribution in [-0.4, -0.2) is 46.9 Å². The lowest BCUT2D eigenvalue weighted by Crippen LogP contribution is -2.38. The molecule has 0 saturated carbocycles. The van der Waals surface area contributed by atoms with Gasteiger partial charge in [0, 0.05) is 24.7 Å².